The molecule has 1 fully saturated rings. The molecule has 1 heterocycles. The highest BCUT2D eigenvalue weighted by molar-refractivity contribution is 4.94. The SMILES string of the molecule is CCC1CC1n1cc[nH]c1=O. The summed E-state index contributed by atoms with van der Waals surface area (Å²) in [5.41, 5.74) is 0.0333. The molecule has 60 valence electrons. The fourth-order valence-electron chi connectivity index (χ4n) is 1.60. The van der Waals surface area contributed by atoms with E-state index in [1.54, 1.807) is 10.8 Å². The van der Waals surface area contributed by atoms with Crippen molar-refractivity contribution in [1.82, 2.24) is 9.55 Å². The summed E-state index contributed by atoms with van der Waals surface area (Å²) in [7, 11) is 0. The third-order valence-corrected chi connectivity index (χ3v) is 2.44. The first-order valence-corrected chi connectivity index (χ1v) is 4.08. The Kier molecular flexibility index (Phi) is 1.37. The molecule has 3 heteroatoms. The predicted molar refractivity (Wildman–Crippen MR) is 42.5 cm³/mol. The highest BCUT2D eigenvalue weighted by atomic mass is 16.1. The number of aromatic amines is 1. The highest BCUT2D eigenvalue weighted by Crippen LogP contribution is 2.44. The number of H-pyrrole nitrogens is 1. The van der Waals surface area contributed by atoms with Gasteiger partial charge in [0.05, 0.1) is 0 Å². The van der Waals surface area contributed by atoms with Crippen molar-refractivity contribution in [2.75, 3.05) is 0 Å². The summed E-state index contributed by atoms with van der Waals surface area (Å²) in [5.74, 6) is 0.739. The van der Waals surface area contributed by atoms with E-state index in [1.165, 1.54) is 12.8 Å². The second-order valence-corrected chi connectivity index (χ2v) is 3.14. The van der Waals surface area contributed by atoms with E-state index < -0.39 is 0 Å². The third-order valence-electron chi connectivity index (χ3n) is 2.44. The molecule has 3 nitrogen and oxygen atoms in total. The van der Waals surface area contributed by atoms with E-state index in [2.05, 4.69) is 11.9 Å². The van der Waals surface area contributed by atoms with Crippen LogP contribution in [0.3, 0.4) is 0 Å². The fraction of sp³-hybridized carbons (Fsp3) is 0.625. The molecule has 0 aliphatic heterocycles. The predicted octanol–water partition coefficient (Wildman–Crippen LogP) is 1.15. The van der Waals surface area contributed by atoms with Gasteiger partial charge in [-0.3, -0.25) is 4.57 Å². The molecule has 11 heavy (non-hydrogen) atoms. The van der Waals surface area contributed by atoms with Crippen LogP contribution < -0.4 is 5.69 Å². The topological polar surface area (TPSA) is 37.8 Å². The van der Waals surface area contributed by atoms with Crippen LogP contribution in [0.2, 0.25) is 0 Å². The maximum absolute atomic E-state index is 11.1. The van der Waals surface area contributed by atoms with Gasteiger partial charge < -0.3 is 4.98 Å². The molecule has 1 saturated carbocycles. The highest BCUT2D eigenvalue weighted by Gasteiger charge is 2.37. The molecule has 0 saturated heterocycles. The Balaban J connectivity index is 2.20. The Morgan fingerprint density at radius 3 is 3.09 bits per heavy atom. The Morgan fingerprint density at radius 1 is 1.82 bits per heavy atom. The van der Waals surface area contributed by atoms with Gasteiger partial charge in [-0.15, -0.1) is 0 Å². The first-order valence-electron chi connectivity index (χ1n) is 4.08. The van der Waals surface area contributed by atoms with Crippen molar-refractivity contribution in [3.63, 3.8) is 0 Å². The van der Waals surface area contributed by atoms with Gasteiger partial charge in [0.15, 0.2) is 0 Å². The maximum Gasteiger partial charge on any atom is 0.325 e. The average molecular weight is 152 g/mol. The molecule has 0 spiro atoms. The number of hydrogen-bond donors (Lipinski definition) is 1. The molecule has 0 bridgehead atoms. The van der Waals surface area contributed by atoms with Gasteiger partial charge in [0.25, 0.3) is 0 Å². The van der Waals surface area contributed by atoms with Gasteiger partial charge in [-0.25, -0.2) is 4.79 Å². The van der Waals surface area contributed by atoms with Crippen molar-refractivity contribution in [3.05, 3.63) is 22.9 Å². The van der Waals surface area contributed by atoms with Crippen molar-refractivity contribution in [1.29, 1.82) is 0 Å². The smallest absolute Gasteiger partial charge is 0.313 e. The fourth-order valence-corrected chi connectivity index (χ4v) is 1.60. The lowest BCUT2D eigenvalue weighted by atomic mass is 10.3. The van der Waals surface area contributed by atoms with E-state index in [0.717, 1.165) is 5.92 Å². The largest absolute Gasteiger partial charge is 0.325 e. The van der Waals surface area contributed by atoms with Crippen LogP contribution >= 0.6 is 0 Å². The van der Waals surface area contributed by atoms with Gasteiger partial charge in [0, 0.05) is 18.4 Å². The van der Waals surface area contributed by atoms with Gasteiger partial charge in [0.1, 0.15) is 0 Å². The van der Waals surface area contributed by atoms with Crippen molar-refractivity contribution in [2.45, 2.75) is 25.8 Å². The van der Waals surface area contributed by atoms with E-state index in [1.807, 2.05) is 6.20 Å². The van der Waals surface area contributed by atoms with E-state index >= 15 is 0 Å². The number of imidazole rings is 1. The number of rotatable bonds is 2. The lowest BCUT2D eigenvalue weighted by molar-refractivity contribution is 0.623. The summed E-state index contributed by atoms with van der Waals surface area (Å²) in [5, 5.41) is 0. The van der Waals surface area contributed by atoms with Crippen LogP contribution in [0.5, 0.6) is 0 Å². The molecule has 1 aliphatic carbocycles. The van der Waals surface area contributed by atoms with Gasteiger partial charge in [-0.1, -0.05) is 13.3 Å². The quantitative estimate of drug-likeness (QED) is 0.678. The number of aromatic nitrogens is 2. The van der Waals surface area contributed by atoms with Gasteiger partial charge in [0.2, 0.25) is 0 Å². The van der Waals surface area contributed by atoms with Crippen LogP contribution in [0.15, 0.2) is 17.2 Å². The van der Waals surface area contributed by atoms with Crippen molar-refractivity contribution >= 4 is 0 Å². The Bertz CT molecular complexity index is 299. The zero-order valence-electron chi connectivity index (χ0n) is 6.58. The van der Waals surface area contributed by atoms with Crippen LogP contribution in [-0.4, -0.2) is 9.55 Å². The molecule has 2 atom stereocenters. The lowest BCUT2D eigenvalue weighted by Crippen LogP contribution is -2.15. The lowest BCUT2D eigenvalue weighted by Gasteiger charge is -1.95. The monoisotopic (exact) mass is 152 g/mol. The first-order chi connectivity index (χ1) is 5.33. The Labute approximate surface area is 65.1 Å². The number of hydrogen-bond acceptors (Lipinski definition) is 1. The van der Waals surface area contributed by atoms with Crippen molar-refractivity contribution in [2.24, 2.45) is 5.92 Å². The van der Waals surface area contributed by atoms with Crippen LogP contribution in [0.25, 0.3) is 0 Å². The molecule has 0 amide bonds. The summed E-state index contributed by atoms with van der Waals surface area (Å²) < 4.78 is 1.80. The standard InChI is InChI=1S/C8H12N2O/c1-2-6-5-7(6)10-4-3-9-8(10)11/h3-4,6-7H,2,5H2,1H3,(H,9,11). The Morgan fingerprint density at radius 2 is 2.64 bits per heavy atom. The van der Waals surface area contributed by atoms with Crippen LogP contribution in [-0.2, 0) is 0 Å². The molecule has 2 unspecified atom stereocenters. The summed E-state index contributed by atoms with van der Waals surface area (Å²) in [4.78, 5) is 13.7. The van der Waals surface area contributed by atoms with Crippen molar-refractivity contribution < 1.29 is 0 Å². The van der Waals surface area contributed by atoms with E-state index in [0.29, 0.717) is 6.04 Å². The zero-order chi connectivity index (χ0) is 7.84. The Hall–Kier alpha value is -0.990. The minimum atomic E-state index is 0.0333. The zero-order valence-corrected chi connectivity index (χ0v) is 6.58. The molecule has 1 aromatic heterocycles. The number of nitrogens with one attached hydrogen (secondary N) is 1. The molecule has 1 aliphatic rings. The van der Waals surface area contributed by atoms with Gasteiger partial charge in [-0.2, -0.15) is 0 Å². The van der Waals surface area contributed by atoms with Gasteiger partial charge in [-0.05, 0) is 12.3 Å². The first kappa shape index (κ1) is 6.70. The molecular weight excluding hydrogens is 140 g/mol. The van der Waals surface area contributed by atoms with E-state index in [4.69, 9.17) is 0 Å². The van der Waals surface area contributed by atoms with E-state index in [9.17, 15) is 4.79 Å². The maximum atomic E-state index is 11.1. The molecule has 2 rings (SSSR count). The minimum Gasteiger partial charge on any atom is -0.313 e. The number of nitrogens with zero attached hydrogens (tertiary/aromatic N) is 1. The summed E-state index contributed by atoms with van der Waals surface area (Å²) in [6, 6.07) is 0.485. The molecule has 0 radical (unpaired) electrons. The van der Waals surface area contributed by atoms with Crippen molar-refractivity contribution in [3.8, 4) is 0 Å². The summed E-state index contributed by atoms with van der Waals surface area (Å²) in [6.45, 7) is 2.17. The van der Waals surface area contributed by atoms with Gasteiger partial charge >= 0.3 is 5.69 Å². The molecule has 1 N–H and O–H groups in total. The summed E-state index contributed by atoms with van der Waals surface area (Å²) >= 11 is 0. The third kappa shape index (κ3) is 1.00. The molecular formula is C8H12N2O. The average Bonchev–Trinajstić information content (AvgIpc) is 2.68. The minimum absolute atomic E-state index is 0.0333. The summed E-state index contributed by atoms with van der Waals surface area (Å²) in [6.07, 6.45) is 5.90. The van der Waals surface area contributed by atoms with Crippen LogP contribution in [0.4, 0.5) is 0 Å². The second kappa shape index (κ2) is 2.26. The van der Waals surface area contributed by atoms with E-state index in [-0.39, 0.29) is 5.69 Å². The molecule has 1 aromatic rings. The second-order valence-electron chi connectivity index (χ2n) is 3.14. The normalized spacial score (nSPS) is 28.8. The van der Waals surface area contributed by atoms with Crippen LogP contribution in [0, 0.1) is 5.92 Å². The van der Waals surface area contributed by atoms with Crippen LogP contribution in [0.1, 0.15) is 25.8 Å². The molecule has 0 aromatic carbocycles.